The Labute approximate surface area is 131 Å². The van der Waals surface area contributed by atoms with Crippen molar-refractivity contribution in [2.45, 2.75) is 26.3 Å². The zero-order valence-electron chi connectivity index (χ0n) is 12.0. The average Bonchev–Trinajstić information content (AvgIpc) is 2.37. The summed E-state index contributed by atoms with van der Waals surface area (Å²) in [5.41, 5.74) is 6.30. The molecule has 0 bridgehead atoms. The van der Waals surface area contributed by atoms with Crippen molar-refractivity contribution in [3.63, 3.8) is 0 Å². The monoisotopic (exact) mass is 316 g/mol. The minimum Gasteiger partial charge on any atom is -0.491 e. The van der Waals surface area contributed by atoms with Gasteiger partial charge in [-0.25, -0.2) is 0 Å². The Morgan fingerprint density at radius 2 is 2.15 bits per heavy atom. The normalized spacial score (nSPS) is 22.8. The van der Waals surface area contributed by atoms with Gasteiger partial charge >= 0.3 is 0 Å². The van der Waals surface area contributed by atoms with E-state index in [1.165, 1.54) is 0 Å². The second-order valence-corrected chi connectivity index (χ2v) is 6.93. The van der Waals surface area contributed by atoms with Gasteiger partial charge in [0, 0.05) is 30.2 Å². The van der Waals surface area contributed by atoms with E-state index in [1.807, 2.05) is 0 Å². The molecule has 0 aromatic heterocycles. The third-order valence-electron chi connectivity index (χ3n) is 3.95. The quantitative estimate of drug-likeness (QED) is 0.924. The number of rotatable bonds is 4. The maximum Gasteiger partial charge on any atom is 0.139 e. The molecule has 3 nitrogen and oxygen atoms in total. The number of benzene rings is 1. The Morgan fingerprint density at radius 1 is 1.40 bits per heavy atom. The van der Waals surface area contributed by atoms with Crippen LogP contribution in [0.4, 0.5) is 0 Å². The van der Waals surface area contributed by atoms with Crippen LogP contribution in [-0.2, 0) is 0 Å². The highest BCUT2D eigenvalue weighted by Crippen LogP contribution is 2.29. The molecule has 1 saturated heterocycles. The topological polar surface area (TPSA) is 38.5 Å². The largest absolute Gasteiger partial charge is 0.491 e. The van der Waals surface area contributed by atoms with Gasteiger partial charge in [0.1, 0.15) is 12.4 Å². The molecule has 0 radical (unpaired) electrons. The maximum absolute atomic E-state index is 6.14. The van der Waals surface area contributed by atoms with E-state index in [2.05, 4.69) is 18.7 Å². The van der Waals surface area contributed by atoms with Crippen LogP contribution in [0, 0.1) is 5.41 Å². The highest BCUT2D eigenvalue weighted by atomic mass is 35.5. The summed E-state index contributed by atoms with van der Waals surface area (Å²) < 4.78 is 5.73. The van der Waals surface area contributed by atoms with E-state index in [-0.39, 0.29) is 11.5 Å². The molecule has 2 N–H and O–H groups in total. The number of hydrogen-bond acceptors (Lipinski definition) is 3. The van der Waals surface area contributed by atoms with Crippen LogP contribution in [0.15, 0.2) is 18.2 Å². The fourth-order valence-electron chi connectivity index (χ4n) is 2.55. The summed E-state index contributed by atoms with van der Waals surface area (Å²) in [6.45, 7) is 7.94. The number of halogens is 2. The zero-order chi connectivity index (χ0) is 14.8. The molecule has 0 spiro atoms. The van der Waals surface area contributed by atoms with E-state index in [4.69, 9.17) is 33.7 Å². The average molecular weight is 317 g/mol. The van der Waals surface area contributed by atoms with Crippen LogP contribution >= 0.6 is 23.2 Å². The predicted octanol–water partition coefficient (Wildman–Crippen LogP) is 3.43. The lowest BCUT2D eigenvalue weighted by Gasteiger charge is -2.42. The Hall–Kier alpha value is -0.480. The van der Waals surface area contributed by atoms with Gasteiger partial charge in [0.2, 0.25) is 0 Å². The van der Waals surface area contributed by atoms with E-state index < -0.39 is 0 Å². The van der Waals surface area contributed by atoms with Gasteiger partial charge < -0.3 is 10.5 Å². The van der Waals surface area contributed by atoms with E-state index in [9.17, 15) is 0 Å². The standard InChI is InChI=1S/C15H22Cl2N2O/c1-15(2)10-19(6-5-14(15)18)7-8-20-13-9-11(16)3-4-12(13)17/h3-4,9,14H,5-8,10,18H2,1-2H3. The van der Waals surface area contributed by atoms with Crippen LogP contribution in [0.25, 0.3) is 0 Å². The molecule has 1 unspecified atom stereocenters. The first-order valence-electron chi connectivity index (χ1n) is 6.94. The van der Waals surface area contributed by atoms with Gasteiger partial charge in [-0.05, 0) is 30.5 Å². The molecule has 1 aromatic rings. The van der Waals surface area contributed by atoms with Gasteiger partial charge in [0.25, 0.3) is 0 Å². The number of nitrogens with zero attached hydrogens (tertiary/aromatic N) is 1. The van der Waals surface area contributed by atoms with E-state index >= 15 is 0 Å². The SMILES string of the molecule is CC1(C)CN(CCOc2cc(Cl)ccc2Cl)CCC1N. The molecule has 0 amide bonds. The lowest BCUT2D eigenvalue weighted by Crippen LogP contribution is -2.53. The Balaban J connectivity index is 1.83. The highest BCUT2D eigenvalue weighted by Gasteiger charge is 2.33. The Bertz CT molecular complexity index is 465. The van der Waals surface area contributed by atoms with Crippen molar-refractivity contribution in [2.24, 2.45) is 11.1 Å². The predicted molar refractivity (Wildman–Crippen MR) is 84.8 cm³/mol. The van der Waals surface area contributed by atoms with Gasteiger partial charge in [-0.15, -0.1) is 0 Å². The molecule has 1 aromatic carbocycles. The second kappa shape index (κ2) is 6.52. The molecule has 112 valence electrons. The molecule has 5 heteroatoms. The molecule has 2 rings (SSSR count). The van der Waals surface area contributed by atoms with E-state index in [0.29, 0.717) is 22.4 Å². The van der Waals surface area contributed by atoms with Gasteiger partial charge in [-0.2, -0.15) is 0 Å². The smallest absolute Gasteiger partial charge is 0.139 e. The maximum atomic E-state index is 6.14. The van der Waals surface area contributed by atoms with Crippen molar-refractivity contribution in [3.8, 4) is 5.75 Å². The molecular weight excluding hydrogens is 295 g/mol. The van der Waals surface area contributed by atoms with Gasteiger partial charge in [-0.1, -0.05) is 37.0 Å². The summed E-state index contributed by atoms with van der Waals surface area (Å²) in [5.74, 6) is 0.645. The van der Waals surface area contributed by atoms with Crippen LogP contribution in [0.5, 0.6) is 5.75 Å². The first-order chi connectivity index (χ1) is 9.38. The van der Waals surface area contributed by atoms with Crippen molar-refractivity contribution in [2.75, 3.05) is 26.2 Å². The first kappa shape index (κ1) is 15.9. The van der Waals surface area contributed by atoms with Gasteiger partial charge in [0.05, 0.1) is 5.02 Å². The zero-order valence-corrected chi connectivity index (χ0v) is 13.5. The molecule has 0 aliphatic carbocycles. The molecule has 0 saturated carbocycles. The van der Waals surface area contributed by atoms with Crippen molar-refractivity contribution in [1.29, 1.82) is 0 Å². The first-order valence-corrected chi connectivity index (χ1v) is 7.70. The second-order valence-electron chi connectivity index (χ2n) is 6.08. The molecule has 1 atom stereocenters. The summed E-state index contributed by atoms with van der Waals surface area (Å²) in [4.78, 5) is 2.39. The third kappa shape index (κ3) is 4.01. The van der Waals surface area contributed by atoms with Crippen LogP contribution < -0.4 is 10.5 Å². The number of hydrogen-bond donors (Lipinski definition) is 1. The summed E-state index contributed by atoms with van der Waals surface area (Å²) in [6, 6.07) is 5.54. The fourth-order valence-corrected chi connectivity index (χ4v) is 2.88. The van der Waals surface area contributed by atoms with Crippen molar-refractivity contribution in [3.05, 3.63) is 28.2 Å². The summed E-state index contributed by atoms with van der Waals surface area (Å²) >= 11 is 12.0. The third-order valence-corrected chi connectivity index (χ3v) is 4.50. The van der Waals surface area contributed by atoms with Crippen molar-refractivity contribution < 1.29 is 4.74 Å². The molecule has 20 heavy (non-hydrogen) atoms. The summed E-state index contributed by atoms with van der Waals surface area (Å²) in [7, 11) is 0. The van der Waals surface area contributed by atoms with Crippen LogP contribution in [0.3, 0.4) is 0 Å². The molecule has 1 fully saturated rings. The Kier molecular flexibility index (Phi) is 5.19. The minimum absolute atomic E-state index is 0.159. The summed E-state index contributed by atoms with van der Waals surface area (Å²) in [5, 5.41) is 1.23. The molecule has 1 aliphatic heterocycles. The Morgan fingerprint density at radius 3 is 2.85 bits per heavy atom. The number of likely N-dealkylation sites (tertiary alicyclic amines) is 1. The van der Waals surface area contributed by atoms with Crippen molar-refractivity contribution >= 4 is 23.2 Å². The number of ether oxygens (including phenoxy) is 1. The highest BCUT2D eigenvalue weighted by molar-refractivity contribution is 6.34. The number of piperidine rings is 1. The fraction of sp³-hybridized carbons (Fsp3) is 0.600. The minimum atomic E-state index is 0.159. The lowest BCUT2D eigenvalue weighted by molar-refractivity contribution is 0.0831. The van der Waals surface area contributed by atoms with Crippen molar-refractivity contribution in [1.82, 2.24) is 4.90 Å². The van der Waals surface area contributed by atoms with Gasteiger partial charge in [-0.3, -0.25) is 4.90 Å². The van der Waals surface area contributed by atoms with Crippen LogP contribution in [-0.4, -0.2) is 37.2 Å². The number of nitrogens with two attached hydrogens (primary N) is 1. The summed E-state index contributed by atoms with van der Waals surface area (Å²) in [6.07, 6.45) is 1.03. The molecular formula is C15H22Cl2N2O. The van der Waals surface area contributed by atoms with E-state index in [1.54, 1.807) is 18.2 Å². The van der Waals surface area contributed by atoms with Crippen LogP contribution in [0.2, 0.25) is 10.0 Å². The molecule has 1 heterocycles. The van der Waals surface area contributed by atoms with Gasteiger partial charge in [0.15, 0.2) is 0 Å². The lowest BCUT2D eigenvalue weighted by atomic mass is 9.80. The van der Waals surface area contributed by atoms with Crippen LogP contribution in [0.1, 0.15) is 20.3 Å². The van der Waals surface area contributed by atoms with E-state index in [0.717, 1.165) is 26.1 Å². The molecule has 1 aliphatic rings.